The second-order valence-electron chi connectivity index (χ2n) is 6.41. The Bertz CT molecular complexity index is 1050. The van der Waals surface area contributed by atoms with E-state index in [1.165, 1.54) is 38.6 Å². The van der Waals surface area contributed by atoms with E-state index in [2.05, 4.69) is 91.2 Å². The van der Waals surface area contributed by atoms with Crippen molar-refractivity contribution in [3.63, 3.8) is 0 Å². The van der Waals surface area contributed by atoms with Crippen LogP contribution in [-0.4, -0.2) is 4.57 Å². The van der Waals surface area contributed by atoms with Crippen LogP contribution in [0.1, 0.15) is 17.7 Å². The van der Waals surface area contributed by atoms with Crippen molar-refractivity contribution >= 4 is 21.7 Å². The first kappa shape index (κ1) is 18.7. The van der Waals surface area contributed by atoms with Crippen molar-refractivity contribution in [1.82, 2.24) is 4.57 Å². The zero-order chi connectivity index (χ0) is 17.2. The summed E-state index contributed by atoms with van der Waals surface area (Å²) in [5.41, 5.74) is 5.23. The van der Waals surface area contributed by atoms with Crippen LogP contribution in [0.5, 0.6) is 0 Å². The van der Waals surface area contributed by atoms with E-state index >= 15 is 0 Å². The molecule has 1 heterocycles. The van der Waals surface area contributed by atoms with Gasteiger partial charge in [-0.15, -0.1) is 47.5 Å². The maximum absolute atomic E-state index is 2.99. The number of rotatable bonds is 1. The summed E-state index contributed by atoms with van der Waals surface area (Å²) in [4.78, 5) is 0. The van der Waals surface area contributed by atoms with Crippen molar-refractivity contribution in [3.8, 4) is 5.69 Å². The molecule has 0 spiro atoms. The molecule has 1 aliphatic rings. The normalized spacial score (nSPS) is 12.2. The topological polar surface area (TPSA) is 4.93 Å². The minimum Gasteiger partial charge on any atom is -0.332 e. The number of hydrogen-bond donors (Lipinski definition) is 0. The summed E-state index contributed by atoms with van der Waals surface area (Å²) < 4.78 is 2.37. The molecule has 0 unspecified atom stereocenters. The zero-order valence-electron chi connectivity index (χ0n) is 15.2. The molecule has 26 heavy (non-hydrogen) atoms. The summed E-state index contributed by atoms with van der Waals surface area (Å²) in [6.07, 6.45) is 10.0. The number of fused-ring (bicyclic) bond motifs is 2. The number of nitrogens with zero attached hydrogens (tertiary/aromatic N) is 1. The van der Waals surface area contributed by atoms with Gasteiger partial charge in [-0.2, -0.15) is 6.08 Å². The first-order valence-corrected chi connectivity index (χ1v) is 8.70. The van der Waals surface area contributed by atoms with Gasteiger partial charge in [0.1, 0.15) is 0 Å². The minimum absolute atomic E-state index is 0. The second-order valence-corrected chi connectivity index (χ2v) is 6.41. The third-order valence-corrected chi connectivity index (χ3v) is 4.87. The Morgan fingerprint density at radius 2 is 1.77 bits per heavy atom. The fraction of sp³-hybridized carbons (Fsp3) is 0.125. The van der Waals surface area contributed by atoms with E-state index in [0.29, 0.717) is 0 Å². The van der Waals surface area contributed by atoms with E-state index in [1.54, 1.807) is 0 Å². The molecule has 0 N–H and O–H groups in total. The Balaban J connectivity index is 0.000000285. The maximum Gasteiger partial charge on any atom is 2.00 e. The molecule has 4 aromatic rings. The molecule has 0 amide bonds. The summed E-state index contributed by atoms with van der Waals surface area (Å²) in [6.45, 7) is 4.41. The Morgan fingerprint density at radius 1 is 1.00 bits per heavy atom. The largest absolute Gasteiger partial charge is 2.00 e. The molecular formula is C24H21NZr. The van der Waals surface area contributed by atoms with E-state index in [9.17, 15) is 0 Å². The quantitative estimate of drug-likeness (QED) is 0.317. The molecule has 5 rings (SSSR count). The minimum atomic E-state index is 0. The van der Waals surface area contributed by atoms with E-state index in [1.807, 2.05) is 12.2 Å². The van der Waals surface area contributed by atoms with Gasteiger partial charge in [0.2, 0.25) is 0 Å². The van der Waals surface area contributed by atoms with E-state index in [4.69, 9.17) is 0 Å². The van der Waals surface area contributed by atoms with Crippen molar-refractivity contribution in [1.29, 1.82) is 0 Å². The van der Waals surface area contributed by atoms with Crippen LogP contribution < -0.4 is 0 Å². The van der Waals surface area contributed by atoms with Gasteiger partial charge in [0.15, 0.2) is 0 Å². The molecule has 2 heteroatoms. The van der Waals surface area contributed by atoms with Crippen LogP contribution in [-0.2, 0) is 26.2 Å². The molecule has 0 radical (unpaired) electrons. The third-order valence-electron chi connectivity index (χ3n) is 4.87. The van der Waals surface area contributed by atoms with Crippen molar-refractivity contribution in [2.45, 2.75) is 20.3 Å². The molecule has 0 bridgehead atoms. The van der Waals surface area contributed by atoms with Gasteiger partial charge in [0.25, 0.3) is 0 Å². The first-order chi connectivity index (χ1) is 12.3. The predicted octanol–water partition coefficient (Wildman–Crippen LogP) is 6.42. The molecular weight excluding hydrogens is 393 g/mol. The molecule has 1 nitrogen and oxygen atoms in total. The van der Waals surface area contributed by atoms with Crippen molar-refractivity contribution in [2.24, 2.45) is 0 Å². The van der Waals surface area contributed by atoms with Gasteiger partial charge in [-0.3, -0.25) is 6.08 Å². The van der Waals surface area contributed by atoms with Crippen LogP contribution in [0.3, 0.4) is 0 Å². The summed E-state index contributed by atoms with van der Waals surface area (Å²) >= 11 is 0. The first-order valence-electron chi connectivity index (χ1n) is 8.70. The zero-order valence-corrected chi connectivity index (χ0v) is 17.6. The third kappa shape index (κ3) is 3.44. The van der Waals surface area contributed by atoms with Gasteiger partial charge in [-0.25, -0.2) is 12.2 Å². The van der Waals surface area contributed by atoms with Crippen molar-refractivity contribution in [3.05, 3.63) is 96.2 Å². The Hall–Kier alpha value is -2.05. The molecule has 1 aromatic heterocycles. The van der Waals surface area contributed by atoms with Crippen LogP contribution in [0.4, 0.5) is 0 Å². The van der Waals surface area contributed by atoms with Gasteiger partial charge in [-0.05, 0) is 31.2 Å². The van der Waals surface area contributed by atoms with Gasteiger partial charge < -0.3 is 4.57 Å². The molecule has 0 atom stereocenters. The number of para-hydroxylation sites is 1. The van der Waals surface area contributed by atoms with Gasteiger partial charge in [0, 0.05) is 11.1 Å². The number of allylic oxidation sites excluding steroid dienone is 4. The summed E-state index contributed by atoms with van der Waals surface area (Å²) in [5.74, 6) is 0. The van der Waals surface area contributed by atoms with Crippen molar-refractivity contribution in [2.75, 3.05) is 0 Å². The molecule has 1 aliphatic carbocycles. The molecule has 126 valence electrons. The summed E-state index contributed by atoms with van der Waals surface area (Å²) in [5, 5.41) is 3.95. The smallest absolute Gasteiger partial charge is 0.332 e. The number of hydrogen-bond acceptors (Lipinski definition) is 0. The van der Waals surface area contributed by atoms with Crippen LogP contribution in [0.25, 0.3) is 27.4 Å². The van der Waals surface area contributed by atoms with Crippen LogP contribution >= 0.6 is 0 Å². The molecule has 0 saturated heterocycles. The predicted molar refractivity (Wildman–Crippen MR) is 107 cm³/mol. The molecule has 3 aromatic carbocycles. The van der Waals surface area contributed by atoms with E-state index < -0.39 is 0 Å². The molecule has 0 aliphatic heterocycles. The van der Waals surface area contributed by atoms with Crippen molar-refractivity contribution < 1.29 is 26.2 Å². The Morgan fingerprint density at radius 3 is 2.46 bits per heavy atom. The van der Waals surface area contributed by atoms with Gasteiger partial charge >= 0.3 is 26.2 Å². The van der Waals surface area contributed by atoms with Crippen LogP contribution in [0, 0.1) is 19.9 Å². The second kappa shape index (κ2) is 8.10. The SMILES string of the molecule is Cc1c(C)n(-c2cc3ccccc3[cH-]2)c2ccccc12.[C-]1=CC=CC1.[Zr+2]. The average molecular weight is 415 g/mol. The standard InChI is InChI=1S/C19H16N.C5H5.Zr/c1-13-14(2)20(19-10-6-5-9-18(13)19)17-11-15-7-3-4-8-16(15)12-17;1-2-4-5-3-1;/h3-12H,1-2H3;1-3H,4H2;/q2*-1;+2. The number of aryl methyl sites for hydroxylation is 1. The fourth-order valence-corrected chi connectivity index (χ4v) is 3.47. The number of aromatic nitrogens is 1. The van der Waals surface area contributed by atoms with Crippen LogP contribution in [0.15, 0.2) is 78.9 Å². The van der Waals surface area contributed by atoms with Gasteiger partial charge in [-0.1, -0.05) is 24.3 Å². The summed E-state index contributed by atoms with van der Waals surface area (Å²) in [7, 11) is 0. The molecule has 0 fully saturated rings. The number of benzene rings is 2. The Kier molecular flexibility index (Phi) is 5.84. The summed E-state index contributed by atoms with van der Waals surface area (Å²) in [6, 6.07) is 21.7. The average Bonchev–Trinajstić information content (AvgIpc) is 3.37. The monoisotopic (exact) mass is 413 g/mol. The molecule has 0 saturated carbocycles. The van der Waals surface area contributed by atoms with E-state index in [0.717, 1.165) is 6.42 Å². The Labute approximate surface area is 174 Å². The van der Waals surface area contributed by atoms with E-state index in [-0.39, 0.29) is 26.2 Å². The van der Waals surface area contributed by atoms with Gasteiger partial charge in [0.05, 0.1) is 5.52 Å². The maximum atomic E-state index is 2.99. The fourth-order valence-electron chi connectivity index (χ4n) is 3.47. The van der Waals surface area contributed by atoms with Crippen LogP contribution in [0.2, 0.25) is 0 Å².